The van der Waals surface area contributed by atoms with E-state index in [9.17, 15) is 9.59 Å². The number of carbonyl (C=O) groups is 2. The van der Waals surface area contributed by atoms with E-state index < -0.39 is 18.2 Å². The van der Waals surface area contributed by atoms with Crippen LogP contribution < -0.4 is 10.2 Å². The Balaban J connectivity index is 1.66. The van der Waals surface area contributed by atoms with E-state index in [1.54, 1.807) is 7.05 Å². The number of likely N-dealkylation sites (N-methyl/N-ethyl adjacent to an activating group) is 1. The highest BCUT2D eigenvalue weighted by molar-refractivity contribution is 6.30. The van der Waals surface area contributed by atoms with E-state index in [4.69, 9.17) is 16.6 Å². The Morgan fingerprint density at radius 1 is 1.07 bits per heavy atom. The first-order chi connectivity index (χ1) is 14.0. The molecular formula is C21H18ClN5O2. The zero-order chi connectivity index (χ0) is 20.3. The molecule has 1 fully saturated rings. The maximum absolute atomic E-state index is 12.6. The number of aliphatic imine (C=N–C) groups is 1. The molecule has 1 saturated heterocycles. The highest BCUT2D eigenvalue weighted by Crippen LogP contribution is 2.40. The van der Waals surface area contributed by atoms with E-state index >= 15 is 0 Å². The summed E-state index contributed by atoms with van der Waals surface area (Å²) in [6, 6.07) is 14.5. The van der Waals surface area contributed by atoms with Crippen molar-refractivity contribution in [1.82, 2.24) is 15.1 Å². The predicted octanol–water partition coefficient (Wildman–Crippen LogP) is 3.01. The Hall–Kier alpha value is -3.32. The van der Waals surface area contributed by atoms with Crippen molar-refractivity contribution < 1.29 is 9.59 Å². The summed E-state index contributed by atoms with van der Waals surface area (Å²) in [4.78, 5) is 34.8. The molecule has 0 bridgehead atoms. The van der Waals surface area contributed by atoms with Crippen molar-refractivity contribution in [1.29, 1.82) is 0 Å². The second-order valence-electron chi connectivity index (χ2n) is 7.24. The number of imide groups is 1. The Kier molecular flexibility index (Phi) is 3.89. The number of urea groups is 1. The van der Waals surface area contributed by atoms with Gasteiger partial charge in [-0.25, -0.2) is 9.79 Å². The van der Waals surface area contributed by atoms with Crippen LogP contribution in [0.5, 0.6) is 0 Å². The van der Waals surface area contributed by atoms with Gasteiger partial charge in [0.05, 0.1) is 11.4 Å². The second kappa shape index (κ2) is 6.35. The quantitative estimate of drug-likeness (QED) is 0.830. The van der Waals surface area contributed by atoms with Crippen LogP contribution in [0.3, 0.4) is 0 Å². The molecule has 29 heavy (non-hydrogen) atoms. The van der Waals surface area contributed by atoms with Crippen LogP contribution in [-0.4, -0.2) is 47.0 Å². The van der Waals surface area contributed by atoms with Gasteiger partial charge < -0.3 is 4.90 Å². The number of nitrogens with zero attached hydrogens (tertiary/aromatic N) is 4. The number of aryl methyl sites for hydroxylation is 1. The van der Waals surface area contributed by atoms with Crippen LogP contribution in [0.1, 0.15) is 11.1 Å². The molecule has 8 heteroatoms. The molecule has 146 valence electrons. The lowest BCUT2D eigenvalue weighted by molar-refractivity contribution is -0.126. The van der Waals surface area contributed by atoms with Crippen LogP contribution in [0.4, 0.5) is 10.5 Å². The van der Waals surface area contributed by atoms with Gasteiger partial charge in [0.15, 0.2) is 12.2 Å². The summed E-state index contributed by atoms with van der Waals surface area (Å²) >= 11 is 6.08. The van der Waals surface area contributed by atoms with E-state index in [-0.39, 0.29) is 5.91 Å². The average molecular weight is 408 g/mol. The van der Waals surface area contributed by atoms with Crippen LogP contribution in [0.25, 0.3) is 5.70 Å². The van der Waals surface area contributed by atoms with E-state index in [1.807, 2.05) is 71.5 Å². The van der Waals surface area contributed by atoms with Crippen molar-refractivity contribution in [3.05, 3.63) is 70.9 Å². The lowest BCUT2D eigenvalue weighted by Crippen LogP contribution is -2.62. The van der Waals surface area contributed by atoms with Crippen molar-refractivity contribution >= 4 is 40.9 Å². The van der Waals surface area contributed by atoms with Crippen molar-refractivity contribution in [3.63, 3.8) is 0 Å². The number of fused-ring (bicyclic) bond motifs is 3. The maximum Gasteiger partial charge on any atom is 0.325 e. The van der Waals surface area contributed by atoms with Gasteiger partial charge in [0.2, 0.25) is 5.96 Å². The van der Waals surface area contributed by atoms with Crippen LogP contribution >= 0.6 is 11.6 Å². The number of carbonyl (C=O) groups excluding carboxylic acids is 2. The number of rotatable bonds is 2. The van der Waals surface area contributed by atoms with Gasteiger partial charge in [0, 0.05) is 23.8 Å². The Morgan fingerprint density at radius 3 is 2.52 bits per heavy atom. The molecule has 3 aliphatic heterocycles. The number of hydrogen-bond donors (Lipinski definition) is 1. The van der Waals surface area contributed by atoms with E-state index in [2.05, 4.69) is 5.32 Å². The molecule has 0 aromatic heterocycles. The number of hydrogen-bond acceptors (Lipinski definition) is 5. The lowest BCUT2D eigenvalue weighted by atomic mass is 10.1. The van der Waals surface area contributed by atoms with Gasteiger partial charge in [0.25, 0.3) is 5.91 Å². The van der Waals surface area contributed by atoms with Gasteiger partial charge in [-0.2, -0.15) is 0 Å². The smallest absolute Gasteiger partial charge is 0.303 e. The number of nitrogens with one attached hydrogen (secondary N) is 1. The second-order valence-corrected chi connectivity index (χ2v) is 7.68. The number of anilines is 1. The summed E-state index contributed by atoms with van der Waals surface area (Å²) in [5.74, 6) is 0.270. The van der Waals surface area contributed by atoms with Crippen molar-refractivity contribution in [3.8, 4) is 0 Å². The number of guanidine groups is 1. The molecule has 7 nitrogen and oxygen atoms in total. The minimum atomic E-state index is -0.607. The SMILES string of the molecule is Cc1ccccc1N1C(c2ccc(Cl)cc2)=CN2C1=NC1C2C(=O)NC(=O)N1C. The monoisotopic (exact) mass is 407 g/mol. The first kappa shape index (κ1) is 17.8. The molecule has 1 N–H and O–H groups in total. The number of amides is 3. The molecule has 2 aromatic rings. The molecule has 0 spiro atoms. The molecule has 5 rings (SSSR count). The molecule has 2 aromatic carbocycles. The van der Waals surface area contributed by atoms with Crippen LogP contribution in [0.15, 0.2) is 59.7 Å². The predicted molar refractivity (Wildman–Crippen MR) is 111 cm³/mol. The third kappa shape index (κ3) is 2.61. The fourth-order valence-electron chi connectivity index (χ4n) is 3.96. The summed E-state index contributed by atoms with van der Waals surface area (Å²) in [5.41, 5.74) is 3.87. The minimum absolute atomic E-state index is 0.352. The lowest BCUT2D eigenvalue weighted by Gasteiger charge is -2.34. The van der Waals surface area contributed by atoms with Crippen LogP contribution in [-0.2, 0) is 4.79 Å². The summed E-state index contributed by atoms with van der Waals surface area (Å²) in [6.07, 6.45) is 1.35. The highest BCUT2D eigenvalue weighted by atomic mass is 35.5. The molecule has 0 saturated carbocycles. The van der Waals surface area contributed by atoms with Gasteiger partial charge in [0.1, 0.15) is 0 Å². The van der Waals surface area contributed by atoms with Crippen molar-refractivity contribution in [2.24, 2.45) is 4.99 Å². The molecule has 3 aliphatic rings. The maximum atomic E-state index is 12.6. The van der Waals surface area contributed by atoms with Gasteiger partial charge in [-0.15, -0.1) is 0 Å². The van der Waals surface area contributed by atoms with Gasteiger partial charge >= 0.3 is 6.03 Å². The third-order valence-corrected chi connectivity index (χ3v) is 5.73. The number of halogens is 1. The normalized spacial score (nSPS) is 22.9. The molecule has 3 amide bonds. The fraction of sp³-hybridized carbons (Fsp3) is 0.190. The molecule has 2 atom stereocenters. The van der Waals surface area contributed by atoms with Gasteiger partial charge in [-0.1, -0.05) is 41.9 Å². The van der Waals surface area contributed by atoms with Crippen LogP contribution in [0.2, 0.25) is 5.02 Å². The minimum Gasteiger partial charge on any atom is -0.303 e. The topological polar surface area (TPSA) is 68.2 Å². The molecule has 2 unspecified atom stereocenters. The number of para-hydroxylation sites is 1. The molecule has 0 aliphatic carbocycles. The highest BCUT2D eigenvalue weighted by Gasteiger charge is 2.52. The molecule has 0 radical (unpaired) electrons. The fourth-order valence-corrected chi connectivity index (χ4v) is 4.08. The third-order valence-electron chi connectivity index (χ3n) is 5.48. The average Bonchev–Trinajstić information content (AvgIpc) is 3.24. The van der Waals surface area contributed by atoms with Crippen LogP contribution in [0, 0.1) is 6.92 Å². The van der Waals surface area contributed by atoms with E-state index in [0.29, 0.717) is 11.0 Å². The summed E-state index contributed by atoms with van der Waals surface area (Å²) < 4.78 is 0. The molecule has 3 heterocycles. The summed E-state index contributed by atoms with van der Waals surface area (Å²) in [7, 11) is 1.65. The first-order valence-electron chi connectivity index (χ1n) is 9.23. The van der Waals surface area contributed by atoms with Gasteiger partial charge in [-0.05, 0) is 30.7 Å². The first-order valence-corrected chi connectivity index (χ1v) is 9.61. The van der Waals surface area contributed by atoms with Crippen molar-refractivity contribution in [2.45, 2.75) is 19.1 Å². The van der Waals surface area contributed by atoms with E-state index in [1.165, 1.54) is 4.90 Å². The Bertz CT molecular complexity index is 1090. The zero-order valence-corrected chi connectivity index (χ0v) is 16.6. The van der Waals surface area contributed by atoms with Crippen molar-refractivity contribution in [2.75, 3.05) is 11.9 Å². The summed E-state index contributed by atoms with van der Waals surface area (Å²) in [5, 5.41) is 3.06. The Morgan fingerprint density at radius 2 is 1.79 bits per heavy atom. The van der Waals surface area contributed by atoms with E-state index in [0.717, 1.165) is 22.5 Å². The standard InChI is InChI=1S/C21H18ClN5O2/c1-12-5-3-4-6-15(12)27-16(13-7-9-14(22)10-8-13)11-26-17-18(23-20(26)27)25(2)21(29)24-19(17)28/h3-11,17-18H,1-2H3,(H,24,28,29). The zero-order valence-electron chi connectivity index (χ0n) is 15.8. The van der Waals surface area contributed by atoms with Gasteiger partial charge in [-0.3, -0.25) is 19.9 Å². The largest absolute Gasteiger partial charge is 0.325 e. The molecular weight excluding hydrogens is 390 g/mol. The Labute approximate surface area is 172 Å². The summed E-state index contributed by atoms with van der Waals surface area (Å²) in [6.45, 7) is 2.03. The number of benzene rings is 2.